The van der Waals surface area contributed by atoms with Gasteiger partial charge in [-0.3, -0.25) is 4.79 Å². The lowest BCUT2D eigenvalue weighted by atomic mass is 10.0. The molecule has 0 saturated carbocycles. The van der Waals surface area contributed by atoms with Crippen LogP contribution in [0.2, 0.25) is 0 Å². The third-order valence-corrected chi connectivity index (χ3v) is 2.31. The summed E-state index contributed by atoms with van der Waals surface area (Å²) in [6, 6.07) is 7.52. The van der Waals surface area contributed by atoms with Crippen LogP contribution in [0.1, 0.15) is 32.3 Å². The lowest BCUT2D eigenvalue weighted by molar-refractivity contribution is -0.141. The van der Waals surface area contributed by atoms with Crippen molar-refractivity contribution < 1.29 is 14.3 Å². The highest BCUT2D eigenvalue weighted by atomic mass is 16.5. The van der Waals surface area contributed by atoms with Crippen molar-refractivity contribution in [1.82, 2.24) is 0 Å². The minimum absolute atomic E-state index is 0.156. The largest absolute Gasteiger partial charge is 0.491 e. The molecule has 88 valence electrons. The van der Waals surface area contributed by atoms with Crippen LogP contribution in [0.4, 0.5) is 0 Å². The number of ether oxygens (including phenoxy) is 2. The summed E-state index contributed by atoms with van der Waals surface area (Å²) in [4.78, 5) is 11.3. The molecule has 0 radical (unpaired) electrons. The number of methoxy groups -OCH3 is 1. The topological polar surface area (TPSA) is 35.5 Å². The molecule has 0 spiro atoms. The molecule has 0 N–H and O–H groups in total. The minimum Gasteiger partial charge on any atom is -0.491 e. The van der Waals surface area contributed by atoms with Crippen molar-refractivity contribution in [2.24, 2.45) is 0 Å². The van der Waals surface area contributed by atoms with Crippen LogP contribution in [0.3, 0.4) is 0 Å². The Bertz CT molecular complexity index is 341. The van der Waals surface area contributed by atoms with Gasteiger partial charge in [0.2, 0.25) is 0 Å². The molecule has 16 heavy (non-hydrogen) atoms. The number of rotatable bonds is 4. The van der Waals surface area contributed by atoms with Gasteiger partial charge in [0.15, 0.2) is 0 Å². The van der Waals surface area contributed by atoms with Crippen molar-refractivity contribution in [3.8, 4) is 5.75 Å². The quantitative estimate of drug-likeness (QED) is 0.735. The van der Waals surface area contributed by atoms with Gasteiger partial charge in [0, 0.05) is 0 Å². The van der Waals surface area contributed by atoms with Crippen LogP contribution >= 0.6 is 0 Å². The summed E-state index contributed by atoms with van der Waals surface area (Å²) in [6.07, 6.45) is 0.156. The van der Waals surface area contributed by atoms with E-state index in [1.54, 1.807) is 0 Å². The molecule has 0 bridgehead atoms. The van der Waals surface area contributed by atoms with E-state index < -0.39 is 0 Å². The first-order valence-corrected chi connectivity index (χ1v) is 5.39. The number of benzene rings is 1. The Morgan fingerprint density at radius 2 is 1.69 bits per heavy atom. The maximum absolute atomic E-state index is 11.3. The van der Waals surface area contributed by atoms with Crippen molar-refractivity contribution in [3.63, 3.8) is 0 Å². The van der Waals surface area contributed by atoms with Gasteiger partial charge in [0.1, 0.15) is 5.75 Å². The molecule has 1 aromatic carbocycles. The normalized spacial score (nSPS) is 12.3. The SMILES string of the molecule is COC(=O)[C@@H](C)c1ccc(OC(C)C)cc1. The van der Waals surface area contributed by atoms with Crippen molar-refractivity contribution in [1.29, 1.82) is 0 Å². The van der Waals surface area contributed by atoms with Gasteiger partial charge in [-0.2, -0.15) is 0 Å². The van der Waals surface area contributed by atoms with E-state index in [-0.39, 0.29) is 18.0 Å². The van der Waals surface area contributed by atoms with E-state index >= 15 is 0 Å². The maximum Gasteiger partial charge on any atom is 0.312 e. The lowest BCUT2D eigenvalue weighted by Crippen LogP contribution is -2.11. The Balaban J connectivity index is 2.74. The predicted molar refractivity (Wildman–Crippen MR) is 62.6 cm³/mol. The summed E-state index contributed by atoms with van der Waals surface area (Å²) in [5.74, 6) is 0.353. The second-order valence-electron chi connectivity index (χ2n) is 3.98. The van der Waals surface area contributed by atoms with Gasteiger partial charge in [-0.15, -0.1) is 0 Å². The zero-order valence-corrected chi connectivity index (χ0v) is 10.2. The highest BCUT2D eigenvalue weighted by Gasteiger charge is 2.15. The van der Waals surface area contributed by atoms with Crippen molar-refractivity contribution >= 4 is 5.97 Å². The fraction of sp³-hybridized carbons (Fsp3) is 0.462. The molecule has 1 rings (SSSR count). The summed E-state index contributed by atoms with van der Waals surface area (Å²) in [7, 11) is 1.40. The zero-order chi connectivity index (χ0) is 12.1. The van der Waals surface area contributed by atoms with E-state index in [0.29, 0.717) is 0 Å². The average Bonchev–Trinajstić information content (AvgIpc) is 2.27. The average molecular weight is 222 g/mol. The molecule has 0 unspecified atom stereocenters. The van der Waals surface area contributed by atoms with Crippen LogP contribution in [0, 0.1) is 0 Å². The summed E-state index contributed by atoms with van der Waals surface area (Å²) >= 11 is 0. The molecule has 3 nitrogen and oxygen atoms in total. The monoisotopic (exact) mass is 222 g/mol. The summed E-state index contributed by atoms with van der Waals surface area (Å²) in [5.41, 5.74) is 0.933. The van der Waals surface area contributed by atoms with Crippen molar-refractivity contribution in [2.75, 3.05) is 7.11 Å². The number of hydrogen-bond acceptors (Lipinski definition) is 3. The predicted octanol–water partition coefficient (Wildman–Crippen LogP) is 2.75. The zero-order valence-electron chi connectivity index (χ0n) is 10.2. The van der Waals surface area contributed by atoms with Crippen LogP contribution in [0.5, 0.6) is 5.75 Å². The molecular weight excluding hydrogens is 204 g/mol. The van der Waals surface area contributed by atoms with E-state index in [9.17, 15) is 4.79 Å². The van der Waals surface area contributed by atoms with Crippen LogP contribution in [0.15, 0.2) is 24.3 Å². The van der Waals surface area contributed by atoms with Crippen LogP contribution < -0.4 is 4.74 Å². The number of carbonyl (C=O) groups excluding carboxylic acids is 1. The van der Waals surface area contributed by atoms with Gasteiger partial charge in [-0.05, 0) is 38.5 Å². The molecule has 3 heteroatoms. The molecule has 0 heterocycles. The molecule has 1 aromatic rings. The van der Waals surface area contributed by atoms with Gasteiger partial charge >= 0.3 is 5.97 Å². The standard InChI is InChI=1S/C13H18O3/c1-9(2)16-12-7-5-11(6-8-12)10(3)13(14)15-4/h5-10H,1-4H3/t10-/m0/s1. The molecule has 0 aliphatic carbocycles. The van der Waals surface area contributed by atoms with Gasteiger partial charge in [0.25, 0.3) is 0 Å². The van der Waals surface area contributed by atoms with E-state index in [1.165, 1.54) is 7.11 Å². The highest BCUT2D eigenvalue weighted by molar-refractivity contribution is 5.77. The van der Waals surface area contributed by atoms with Crippen LogP contribution in [-0.2, 0) is 9.53 Å². The fourth-order valence-corrected chi connectivity index (χ4v) is 1.42. The van der Waals surface area contributed by atoms with Crippen molar-refractivity contribution in [2.45, 2.75) is 32.8 Å². The molecule has 0 fully saturated rings. The minimum atomic E-state index is -0.238. The second-order valence-corrected chi connectivity index (χ2v) is 3.98. The number of carbonyl (C=O) groups is 1. The molecule has 0 aromatic heterocycles. The lowest BCUT2D eigenvalue weighted by Gasteiger charge is -2.12. The first-order chi connectivity index (χ1) is 7.54. The Morgan fingerprint density at radius 3 is 2.12 bits per heavy atom. The molecular formula is C13H18O3. The molecule has 0 amide bonds. The maximum atomic E-state index is 11.3. The third kappa shape index (κ3) is 3.26. The molecule has 0 aliphatic heterocycles. The van der Waals surface area contributed by atoms with Gasteiger partial charge in [-0.25, -0.2) is 0 Å². The van der Waals surface area contributed by atoms with E-state index in [1.807, 2.05) is 45.0 Å². The number of esters is 1. The van der Waals surface area contributed by atoms with E-state index in [2.05, 4.69) is 0 Å². The smallest absolute Gasteiger partial charge is 0.312 e. The summed E-state index contributed by atoms with van der Waals surface area (Å²) < 4.78 is 10.2. The molecule has 0 aliphatic rings. The molecule has 0 saturated heterocycles. The molecule has 1 atom stereocenters. The highest BCUT2D eigenvalue weighted by Crippen LogP contribution is 2.20. The summed E-state index contributed by atoms with van der Waals surface area (Å²) in [5, 5.41) is 0. The van der Waals surface area contributed by atoms with Crippen LogP contribution in [-0.4, -0.2) is 19.2 Å². The summed E-state index contributed by atoms with van der Waals surface area (Å²) in [6.45, 7) is 5.78. The Morgan fingerprint density at radius 1 is 1.12 bits per heavy atom. The number of hydrogen-bond donors (Lipinski definition) is 0. The van der Waals surface area contributed by atoms with Gasteiger partial charge in [-0.1, -0.05) is 12.1 Å². The first kappa shape index (κ1) is 12.6. The fourth-order valence-electron chi connectivity index (χ4n) is 1.42. The van der Waals surface area contributed by atoms with Crippen molar-refractivity contribution in [3.05, 3.63) is 29.8 Å². The second kappa shape index (κ2) is 5.54. The van der Waals surface area contributed by atoms with Gasteiger partial charge < -0.3 is 9.47 Å². The van der Waals surface area contributed by atoms with Crippen LogP contribution in [0.25, 0.3) is 0 Å². The first-order valence-electron chi connectivity index (χ1n) is 5.39. The Hall–Kier alpha value is -1.51. The Labute approximate surface area is 96.4 Å². The van der Waals surface area contributed by atoms with E-state index in [0.717, 1.165) is 11.3 Å². The van der Waals surface area contributed by atoms with E-state index in [4.69, 9.17) is 9.47 Å². The third-order valence-electron chi connectivity index (χ3n) is 2.31. The van der Waals surface area contributed by atoms with Gasteiger partial charge in [0.05, 0.1) is 19.1 Å². The Kier molecular flexibility index (Phi) is 4.35.